The number of nitrogen functional groups attached to an aromatic ring is 1. The van der Waals surface area contributed by atoms with Crippen LogP contribution in [0.4, 0.5) is 5.69 Å². The summed E-state index contributed by atoms with van der Waals surface area (Å²) in [7, 11) is 0. The lowest BCUT2D eigenvalue weighted by atomic mass is 9.80. The van der Waals surface area contributed by atoms with Crippen molar-refractivity contribution in [3.63, 3.8) is 0 Å². The van der Waals surface area contributed by atoms with Crippen LogP contribution in [0.5, 0.6) is 0 Å². The zero-order valence-corrected chi connectivity index (χ0v) is 15.5. The van der Waals surface area contributed by atoms with E-state index in [4.69, 9.17) is 10.2 Å². The third kappa shape index (κ3) is 2.80. The number of nitrogens with two attached hydrogens (primary N) is 1. The van der Waals surface area contributed by atoms with E-state index in [-0.39, 0.29) is 5.43 Å². The summed E-state index contributed by atoms with van der Waals surface area (Å²) in [6.45, 7) is 0. The van der Waals surface area contributed by atoms with E-state index in [2.05, 4.69) is 24.3 Å². The fourth-order valence-electron chi connectivity index (χ4n) is 3.93. The number of hydrogen-bond acceptors (Lipinski definition) is 3. The molecule has 28 heavy (non-hydrogen) atoms. The van der Waals surface area contributed by atoms with Gasteiger partial charge in [0.1, 0.15) is 11.3 Å². The van der Waals surface area contributed by atoms with Gasteiger partial charge in [-0.1, -0.05) is 61.0 Å². The van der Waals surface area contributed by atoms with Crippen molar-refractivity contribution in [3.8, 4) is 22.5 Å². The van der Waals surface area contributed by atoms with Crippen LogP contribution in [0.2, 0.25) is 0 Å². The summed E-state index contributed by atoms with van der Waals surface area (Å²) in [6, 6.07) is 23.4. The Kier molecular flexibility index (Phi) is 4.01. The van der Waals surface area contributed by atoms with Crippen molar-refractivity contribution in [2.75, 3.05) is 5.73 Å². The van der Waals surface area contributed by atoms with Gasteiger partial charge in [-0.3, -0.25) is 4.79 Å². The molecule has 1 heterocycles. The molecule has 0 saturated heterocycles. The number of anilines is 1. The first kappa shape index (κ1) is 16.8. The van der Waals surface area contributed by atoms with Crippen molar-refractivity contribution >= 4 is 16.7 Å². The molecule has 3 heteroatoms. The second-order valence-electron chi connectivity index (χ2n) is 7.51. The molecule has 3 aromatic carbocycles. The van der Waals surface area contributed by atoms with E-state index in [0.29, 0.717) is 33.9 Å². The third-order valence-electron chi connectivity index (χ3n) is 5.73. The molecule has 138 valence electrons. The molecule has 0 radical (unpaired) electrons. The van der Waals surface area contributed by atoms with Gasteiger partial charge in [0.2, 0.25) is 5.43 Å². The van der Waals surface area contributed by atoms with E-state index in [1.54, 1.807) is 18.2 Å². The SMILES string of the molecule is Nc1ccc2c(=O)c(-c3ccc(C4CCC4)cc3)c(-c3ccccc3)oc2c1. The van der Waals surface area contributed by atoms with Crippen LogP contribution < -0.4 is 11.2 Å². The number of rotatable bonds is 3. The van der Waals surface area contributed by atoms with E-state index in [9.17, 15) is 4.79 Å². The summed E-state index contributed by atoms with van der Waals surface area (Å²) in [5, 5.41) is 0.548. The summed E-state index contributed by atoms with van der Waals surface area (Å²) in [5.41, 5.74) is 10.7. The normalized spacial score (nSPS) is 14.1. The molecule has 0 aliphatic heterocycles. The minimum atomic E-state index is -0.0310. The maximum Gasteiger partial charge on any atom is 0.201 e. The van der Waals surface area contributed by atoms with Gasteiger partial charge < -0.3 is 10.2 Å². The van der Waals surface area contributed by atoms with Gasteiger partial charge in [-0.2, -0.15) is 0 Å². The number of hydrogen-bond donors (Lipinski definition) is 1. The summed E-state index contributed by atoms with van der Waals surface area (Å²) in [4.78, 5) is 13.4. The minimum Gasteiger partial charge on any atom is -0.455 e. The topological polar surface area (TPSA) is 56.2 Å². The van der Waals surface area contributed by atoms with Gasteiger partial charge in [0.15, 0.2) is 0 Å². The Labute approximate surface area is 163 Å². The van der Waals surface area contributed by atoms with Crippen LogP contribution in [-0.2, 0) is 0 Å². The Bertz CT molecular complexity index is 1200. The highest BCUT2D eigenvalue weighted by molar-refractivity contribution is 5.90. The van der Waals surface area contributed by atoms with Crippen molar-refractivity contribution in [2.24, 2.45) is 0 Å². The molecule has 1 saturated carbocycles. The molecule has 1 aromatic heterocycles. The summed E-state index contributed by atoms with van der Waals surface area (Å²) in [5.74, 6) is 1.25. The van der Waals surface area contributed by atoms with Gasteiger partial charge in [-0.05, 0) is 42.0 Å². The molecule has 0 unspecified atom stereocenters. The summed E-state index contributed by atoms with van der Waals surface area (Å²) in [6.07, 6.45) is 3.82. The lowest BCUT2D eigenvalue weighted by Gasteiger charge is -2.25. The van der Waals surface area contributed by atoms with E-state index in [1.807, 2.05) is 30.3 Å². The number of fused-ring (bicyclic) bond motifs is 1. The van der Waals surface area contributed by atoms with Gasteiger partial charge in [-0.15, -0.1) is 0 Å². The van der Waals surface area contributed by atoms with Gasteiger partial charge >= 0.3 is 0 Å². The summed E-state index contributed by atoms with van der Waals surface area (Å²) >= 11 is 0. The highest BCUT2D eigenvalue weighted by Crippen LogP contribution is 2.38. The van der Waals surface area contributed by atoms with Crippen LogP contribution in [0, 0.1) is 0 Å². The van der Waals surface area contributed by atoms with Crippen molar-refractivity contribution in [1.29, 1.82) is 0 Å². The first-order valence-corrected chi connectivity index (χ1v) is 9.73. The monoisotopic (exact) mass is 367 g/mol. The molecule has 2 N–H and O–H groups in total. The highest BCUT2D eigenvalue weighted by Gasteiger charge is 2.21. The molecular weight excluding hydrogens is 346 g/mol. The molecule has 1 aliphatic rings. The zero-order valence-electron chi connectivity index (χ0n) is 15.5. The molecule has 1 fully saturated rings. The van der Waals surface area contributed by atoms with Crippen LogP contribution in [0.25, 0.3) is 33.4 Å². The van der Waals surface area contributed by atoms with E-state index < -0.39 is 0 Å². The maximum absolute atomic E-state index is 13.4. The molecule has 0 bridgehead atoms. The molecule has 3 nitrogen and oxygen atoms in total. The highest BCUT2D eigenvalue weighted by atomic mass is 16.3. The first-order valence-electron chi connectivity index (χ1n) is 9.73. The Morgan fingerprint density at radius 1 is 0.857 bits per heavy atom. The predicted molar refractivity (Wildman–Crippen MR) is 114 cm³/mol. The Hall–Kier alpha value is -3.33. The van der Waals surface area contributed by atoms with Crippen LogP contribution in [0.15, 0.2) is 82.0 Å². The minimum absolute atomic E-state index is 0.0310. The standard InChI is InChI=1S/C25H21NO2/c26-20-13-14-21-22(15-20)28-25(19-5-2-1-3-6-19)23(24(21)27)18-11-9-17(10-12-18)16-7-4-8-16/h1-3,5-6,9-16H,4,7-8,26H2. The molecule has 4 aromatic rings. The predicted octanol–water partition coefficient (Wildman–Crippen LogP) is 5.98. The molecule has 1 aliphatic carbocycles. The fraction of sp³-hybridized carbons (Fsp3) is 0.160. The van der Waals surface area contributed by atoms with Crippen molar-refractivity contribution in [2.45, 2.75) is 25.2 Å². The Balaban J connectivity index is 1.75. The van der Waals surface area contributed by atoms with Gasteiger partial charge in [0, 0.05) is 17.3 Å². The third-order valence-corrected chi connectivity index (χ3v) is 5.73. The smallest absolute Gasteiger partial charge is 0.201 e. The zero-order chi connectivity index (χ0) is 19.1. The average molecular weight is 367 g/mol. The van der Waals surface area contributed by atoms with Crippen LogP contribution in [-0.4, -0.2) is 0 Å². The van der Waals surface area contributed by atoms with Crippen molar-refractivity contribution in [1.82, 2.24) is 0 Å². The second-order valence-corrected chi connectivity index (χ2v) is 7.51. The fourth-order valence-corrected chi connectivity index (χ4v) is 3.93. The molecule has 5 rings (SSSR count). The number of benzene rings is 3. The average Bonchev–Trinajstić information content (AvgIpc) is 2.68. The van der Waals surface area contributed by atoms with Crippen LogP contribution >= 0.6 is 0 Å². The molecule has 0 spiro atoms. The Morgan fingerprint density at radius 2 is 1.61 bits per heavy atom. The van der Waals surface area contributed by atoms with Crippen molar-refractivity contribution in [3.05, 3.63) is 88.6 Å². The van der Waals surface area contributed by atoms with Gasteiger partial charge in [0.05, 0.1) is 10.9 Å². The summed E-state index contributed by atoms with van der Waals surface area (Å²) < 4.78 is 6.23. The molecule has 0 amide bonds. The lowest BCUT2D eigenvalue weighted by Crippen LogP contribution is -2.10. The Morgan fingerprint density at radius 3 is 2.29 bits per heavy atom. The van der Waals surface area contributed by atoms with Gasteiger partial charge in [0.25, 0.3) is 0 Å². The first-order chi connectivity index (χ1) is 13.7. The van der Waals surface area contributed by atoms with Gasteiger partial charge in [-0.25, -0.2) is 0 Å². The van der Waals surface area contributed by atoms with E-state index in [0.717, 1.165) is 11.1 Å². The lowest BCUT2D eigenvalue weighted by molar-refractivity contribution is 0.420. The maximum atomic E-state index is 13.4. The molecular formula is C25H21NO2. The van der Waals surface area contributed by atoms with Crippen molar-refractivity contribution < 1.29 is 4.42 Å². The van der Waals surface area contributed by atoms with Crippen LogP contribution in [0.1, 0.15) is 30.7 Å². The molecule has 0 atom stereocenters. The largest absolute Gasteiger partial charge is 0.455 e. The quantitative estimate of drug-likeness (QED) is 0.453. The van der Waals surface area contributed by atoms with E-state index in [1.165, 1.54) is 24.8 Å². The second kappa shape index (κ2) is 6.68. The van der Waals surface area contributed by atoms with Crippen LogP contribution in [0.3, 0.4) is 0 Å². The van der Waals surface area contributed by atoms with E-state index >= 15 is 0 Å².